The Kier molecular flexibility index (Phi) is 4.36. The second kappa shape index (κ2) is 4.83. The van der Waals surface area contributed by atoms with Crippen molar-refractivity contribution in [2.75, 3.05) is 6.61 Å². The summed E-state index contributed by atoms with van der Waals surface area (Å²) in [5.41, 5.74) is 0. The van der Waals surface area contributed by atoms with Gasteiger partial charge in [0.15, 0.2) is 0 Å². The molecular weight excluding hydrogens is 194 g/mol. The van der Waals surface area contributed by atoms with Crippen molar-refractivity contribution in [3.05, 3.63) is 0 Å². The molecule has 3 nitrogen and oxygen atoms in total. The topological polar surface area (TPSA) is 27.7 Å². The van der Waals surface area contributed by atoms with E-state index in [1.165, 1.54) is 0 Å². The summed E-state index contributed by atoms with van der Waals surface area (Å²) in [5, 5.41) is 0. The van der Waals surface area contributed by atoms with Gasteiger partial charge in [0.2, 0.25) is 0 Å². The van der Waals surface area contributed by atoms with Crippen molar-refractivity contribution in [1.29, 1.82) is 0 Å². The van der Waals surface area contributed by atoms with Gasteiger partial charge in [0, 0.05) is 24.9 Å². The molecule has 0 amide bonds. The van der Waals surface area contributed by atoms with E-state index in [1.807, 2.05) is 0 Å². The van der Waals surface area contributed by atoms with Gasteiger partial charge in [0.25, 0.3) is 0 Å². The standard InChI is InChI=1S/C7H16O3P2/c1-4-5(2)9-6(3-8-11)7(4)10-12/h4-7H,3,11-12H2,1-2H3/t4-,5?,6-,7?/m0/s1. The summed E-state index contributed by atoms with van der Waals surface area (Å²) >= 11 is 0. The molecule has 6 atom stereocenters. The van der Waals surface area contributed by atoms with E-state index in [1.54, 1.807) is 0 Å². The Labute approximate surface area is 78.1 Å². The fourth-order valence-corrected chi connectivity index (χ4v) is 2.14. The molecule has 0 N–H and O–H groups in total. The quantitative estimate of drug-likeness (QED) is 0.659. The average molecular weight is 210 g/mol. The molecule has 4 unspecified atom stereocenters. The Morgan fingerprint density at radius 1 is 1.33 bits per heavy atom. The second-order valence-corrected chi connectivity index (χ2v) is 3.78. The molecule has 1 saturated heterocycles. The first-order chi connectivity index (χ1) is 5.70. The molecule has 5 heteroatoms. The summed E-state index contributed by atoms with van der Waals surface area (Å²) < 4.78 is 15.9. The van der Waals surface area contributed by atoms with Crippen molar-refractivity contribution in [2.45, 2.75) is 32.2 Å². The van der Waals surface area contributed by atoms with Crippen LogP contribution in [0.15, 0.2) is 0 Å². The van der Waals surface area contributed by atoms with E-state index in [9.17, 15) is 0 Å². The van der Waals surface area contributed by atoms with Crippen LogP contribution in [0, 0.1) is 5.92 Å². The Hall–Kier alpha value is 0.740. The molecule has 1 heterocycles. The molecule has 0 aliphatic carbocycles. The fraction of sp³-hybridized carbons (Fsp3) is 1.00. The Bertz CT molecular complexity index is 145. The van der Waals surface area contributed by atoms with Crippen LogP contribution in [-0.4, -0.2) is 24.9 Å². The maximum Gasteiger partial charge on any atom is 0.108 e. The number of hydrogen-bond donors (Lipinski definition) is 0. The van der Waals surface area contributed by atoms with Crippen LogP contribution >= 0.6 is 18.9 Å². The monoisotopic (exact) mass is 210 g/mol. The van der Waals surface area contributed by atoms with Crippen LogP contribution in [0.3, 0.4) is 0 Å². The van der Waals surface area contributed by atoms with Gasteiger partial charge >= 0.3 is 0 Å². The molecule has 0 aromatic heterocycles. The van der Waals surface area contributed by atoms with Crippen LogP contribution in [0.5, 0.6) is 0 Å². The van der Waals surface area contributed by atoms with Crippen molar-refractivity contribution in [2.24, 2.45) is 5.92 Å². The van der Waals surface area contributed by atoms with E-state index < -0.39 is 0 Å². The first-order valence-electron chi connectivity index (χ1n) is 4.03. The summed E-state index contributed by atoms with van der Waals surface area (Å²) in [6, 6.07) is 0. The third-order valence-electron chi connectivity index (χ3n) is 2.43. The molecule has 0 aromatic carbocycles. The average Bonchev–Trinajstić information content (AvgIpc) is 2.29. The van der Waals surface area contributed by atoms with Crippen molar-refractivity contribution in [1.82, 2.24) is 0 Å². The first kappa shape index (κ1) is 10.8. The lowest BCUT2D eigenvalue weighted by molar-refractivity contribution is 0.00285. The molecule has 0 radical (unpaired) electrons. The van der Waals surface area contributed by atoms with Crippen LogP contribution in [0.1, 0.15) is 13.8 Å². The predicted molar refractivity (Wildman–Crippen MR) is 53.7 cm³/mol. The maximum absolute atomic E-state index is 5.64. The van der Waals surface area contributed by atoms with Gasteiger partial charge in [0.05, 0.1) is 18.8 Å². The molecular formula is C7H16O3P2. The highest BCUT2D eigenvalue weighted by Gasteiger charge is 2.39. The van der Waals surface area contributed by atoms with Crippen LogP contribution in [0.4, 0.5) is 0 Å². The van der Waals surface area contributed by atoms with E-state index in [-0.39, 0.29) is 18.3 Å². The largest absolute Gasteiger partial charge is 0.370 e. The minimum atomic E-state index is 0.0602. The van der Waals surface area contributed by atoms with Crippen LogP contribution in [0.2, 0.25) is 0 Å². The van der Waals surface area contributed by atoms with Crippen molar-refractivity contribution < 1.29 is 13.8 Å². The van der Waals surface area contributed by atoms with Crippen molar-refractivity contribution in [3.63, 3.8) is 0 Å². The summed E-state index contributed by atoms with van der Waals surface area (Å²) in [4.78, 5) is 0. The molecule has 72 valence electrons. The van der Waals surface area contributed by atoms with Gasteiger partial charge in [-0.25, -0.2) is 0 Å². The van der Waals surface area contributed by atoms with Gasteiger partial charge in [0.1, 0.15) is 6.10 Å². The van der Waals surface area contributed by atoms with Gasteiger partial charge in [-0.15, -0.1) is 0 Å². The smallest absolute Gasteiger partial charge is 0.108 e. The van der Waals surface area contributed by atoms with Crippen LogP contribution < -0.4 is 0 Å². The van der Waals surface area contributed by atoms with E-state index in [4.69, 9.17) is 13.8 Å². The molecule has 0 spiro atoms. The fourth-order valence-electron chi connectivity index (χ4n) is 1.52. The van der Waals surface area contributed by atoms with Gasteiger partial charge in [-0.2, -0.15) is 0 Å². The van der Waals surface area contributed by atoms with E-state index >= 15 is 0 Å². The lowest BCUT2D eigenvalue weighted by atomic mass is 10.00. The molecule has 0 aromatic rings. The minimum Gasteiger partial charge on any atom is -0.370 e. The Morgan fingerprint density at radius 3 is 2.50 bits per heavy atom. The highest BCUT2D eigenvalue weighted by atomic mass is 31.0. The molecule has 1 aliphatic heterocycles. The minimum absolute atomic E-state index is 0.0602. The lowest BCUT2D eigenvalue weighted by Crippen LogP contribution is -2.29. The summed E-state index contributed by atoms with van der Waals surface area (Å²) in [7, 11) is 4.52. The zero-order chi connectivity index (χ0) is 9.14. The first-order valence-corrected chi connectivity index (χ1v) is 4.97. The zero-order valence-electron chi connectivity index (χ0n) is 7.40. The Balaban J connectivity index is 2.52. The van der Waals surface area contributed by atoms with Gasteiger partial charge in [-0.05, 0) is 6.92 Å². The molecule has 12 heavy (non-hydrogen) atoms. The van der Waals surface area contributed by atoms with Crippen molar-refractivity contribution >= 4 is 18.9 Å². The molecule has 1 fully saturated rings. The van der Waals surface area contributed by atoms with Crippen molar-refractivity contribution in [3.8, 4) is 0 Å². The third kappa shape index (κ3) is 2.16. The molecule has 1 rings (SSSR count). The van der Waals surface area contributed by atoms with E-state index in [2.05, 4.69) is 32.8 Å². The molecule has 1 aliphatic rings. The number of hydrogen-bond acceptors (Lipinski definition) is 3. The number of ether oxygens (including phenoxy) is 1. The molecule has 0 saturated carbocycles. The number of rotatable bonds is 3. The lowest BCUT2D eigenvalue weighted by Gasteiger charge is -2.17. The highest BCUT2D eigenvalue weighted by molar-refractivity contribution is 7.10. The van der Waals surface area contributed by atoms with Gasteiger partial charge in [-0.3, -0.25) is 0 Å². The Morgan fingerprint density at radius 2 is 2.00 bits per heavy atom. The van der Waals surface area contributed by atoms with E-state index in [0.29, 0.717) is 12.5 Å². The SMILES string of the molecule is CC1O[C@@H](COP)C(OP)[C@H]1C. The summed E-state index contributed by atoms with van der Waals surface area (Å²) in [6.07, 6.45) is 0.441. The van der Waals surface area contributed by atoms with Crippen LogP contribution in [-0.2, 0) is 13.8 Å². The van der Waals surface area contributed by atoms with Gasteiger partial charge in [-0.1, -0.05) is 6.92 Å². The summed E-state index contributed by atoms with van der Waals surface area (Å²) in [5.74, 6) is 0.424. The zero-order valence-corrected chi connectivity index (χ0v) is 9.71. The van der Waals surface area contributed by atoms with E-state index in [0.717, 1.165) is 0 Å². The highest BCUT2D eigenvalue weighted by Crippen LogP contribution is 2.30. The maximum atomic E-state index is 5.64. The molecule has 0 bridgehead atoms. The summed E-state index contributed by atoms with van der Waals surface area (Å²) in [6.45, 7) is 4.75. The van der Waals surface area contributed by atoms with Gasteiger partial charge < -0.3 is 13.8 Å². The van der Waals surface area contributed by atoms with Crippen LogP contribution in [0.25, 0.3) is 0 Å². The normalized spacial score (nSPS) is 42.0. The third-order valence-corrected chi connectivity index (χ3v) is 2.94. The second-order valence-electron chi connectivity index (χ2n) is 3.17. The predicted octanol–water partition coefficient (Wildman–Crippen LogP) is 1.39.